The van der Waals surface area contributed by atoms with E-state index in [2.05, 4.69) is 15.1 Å². The zero-order valence-corrected chi connectivity index (χ0v) is 9.87. The summed E-state index contributed by atoms with van der Waals surface area (Å²) in [4.78, 5) is 8.00. The molecule has 0 atom stereocenters. The van der Waals surface area contributed by atoms with Gasteiger partial charge in [0.15, 0.2) is 0 Å². The number of halogens is 2. The minimum absolute atomic E-state index is 0.0832. The molecule has 0 bridgehead atoms. The second-order valence-corrected chi connectivity index (χ2v) is 3.91. The average molecular weight is 259 g/mol. The lowest BCUT2D eigenvalue weighted by Crippen LogP contribution is -2.05. The number of rotatable bonds is 2. The third kappa shape index (κ3) is 2.02. The summed E-state index contributed by atoms with van der Waals surface area (Å²) in [6.07, 6.45) is 1.55. The molecule has 0 radical (unpaired) electrons. The van der Waals surface area contributed by atoms with Gasteiger partial charge in [-0.3, -0.25) is 0 Å². The van der Waals surface area contributed by atoms with Gasteiger partial charge in [0.05, 0.1) is 12.8 Å². The zero-order chi connectivity index (χ0) is 11.7. The van der Waals surface area contributed by atoms with Crippen LogP contribution in [-0.4, -0.2) is 24.9 Å². The van der Waals surface area contributed by atoms with E-state index in [1.807, 2.05) is 0 Å². The van der Waals surface area contributed by atoms with E-state index in [1.165, 1.54) is 10.7 Å². The van der Waals surface area contributed by atoms with Crippen molar-refractivity contribution in [3.8, 4) is 5.95 Å². The molecule has 0 fully saturated rings. The highest BCUT2D eigenvalue weighted by Crippen LogP contribution is 2.16. The quantitative estimate of drug-likeness (QED) is 0.835. The van der Waals surface area contributed by atoms with Crippen molar-refractivity contribution in [1.82, 2.24) is 19.7 Å². The minimum Gasteiger partial charge on any atom is -0.392 e. The molecule has 84 valence electrons. The van der Waals surface area contributed by atoms with Crippen molar-refractivity contribution in [2.24, 2.45) is 0 Å². The summed E-state index contributed by atoms with van der Waals surface area (Å²) in [7, 11) is 0. The van der Waals surface area contributed by atoms with E-state index >= 15 is 0 Å². The van der Waals surface area contributed by atoms with Gasteiger partial charge in [-0.25, -0.2) is 4.68 Å². The lowest BCUT2D eigenvalue weighted by Gasteiger charge is -2.03. The van der Waals surface area contributed by atoms with E-state index in [0.29, 0.717) is 5.56 Å². The summed E-state index contributed by atoms with van der Waals surface area (Å²) in [5.74, 6) is 0.287. The predicted octanol–water partition coefficient (Wildman–Crippen LogP) is 1.77. The van der Waals surface area contributed by atoms with Crippen LogP contribution in [0.1, 0.15) is 11.3 Å². The monoisotopic (exact) mass is 258 g/mol. The second-order valence-electron chi connectivity index (χ2n) is 3.14. The predicted molar refractivity (Wildman–Crippen MR) is 59.8 cm³/mol. The van der Waals surface area contributed by atoms with Crippen molar-refractivity contribution in [2.75, 3.05) is 0 Å². The summed E-state index contributed by atoms with van der Waals surface area (Å²) in [6, 6.07) is 1.44. The van der Waals surface area contributed by atoms with E-state index in [1.54, 1.807) is 13.1 Å². The second kappa shape index (κ2) is 4.37. The fourth-order valence-corrected chi connectivity index (χ4v) is 1.69. The van der Waals surface area contributed by atoms with E-state index in [-0.39, 0.29) is 22.9 Å². The first-order valence-corrected chi connectivity index (χ1v) is 5.22. The molecule has 5 nitrogen and oxygen atoms in total. The van der Waals surface area contributed by atoms with Gasteiger partial charge in [-0.05, 0) is 6.92 Å². The Morgan fingerprint density at radius 3 is 2.44 bits per heavy atom. The molecule has 2 aromatic rings. The minimum atomic E-state index is -0.0832. The van der Waals surface area contributed by atoms with Crippen LogP contribution >= 0.6 is 23.2 Å². The van der Waals surface area contributed by atoms with E-state index < -0.39 is 0 Å². The van der Waals surface area contributed by atoms with Crippen LogP contribution in [0.25, 0.3) is 5.95 Å². The van der Waals surface area contributed by atoms with E-state index in [0.717, 1.165) is 5.69 Å². The number of aromatic nitrogens is 4. The Labute approximate surface area is 102 Å². The van der Waals surface area contributed by atoms with E-state index in [9.17, 15) is 0 Å². The average Bonchev–Trinajstić information content (AvgIpc) is 2.58. The summed E-state index contributed by atoms with van der Waals surface area (Å²) < 4.78 is 1.48. The molecule has 0 aliphatic rings. The molecule has 0 saturated heterocycles. The molecule has 0 aliphatic carbocycles. The van der Waals surface area contributed by atoms with Gasteiger partial charge in [-0.1, -0.05) is 23.2 Å². The Hall–Kier alpha value is -1.17. The maximum Gasteiger partial charge on any atom is 0.253 e. The molecule has 0 aromatic carbocycles. The Morgan fingerprint density at radius 2 is 1.94 bits per heavy atom. The lowest BCUT2D eigenvalue weighted by molar-refractivity contribution is 0.281. The third-order valence-corrected chi connectivity index (χ3v) is 2.51. The van der Waals surface area contributed by atoms with Gasteiger partial charge in [0.25, 0.3) is 5.95 Å². The Bertz CT molecular complexity index is 506. The molecule has 0 amide bonds. The highest BCUT2D eigenvalue weighted by atomic mass is 35.5. The number of nitrogens with zero attached hydrogens (tertiary/aromatic N) is 4. The molecule has 7 heteroatoms. The first-order chi connectivity index (χ1) is 7.61. The molecule has 2 heterocycles. The van der Waals surface area contributed by atoms with Crippen molar-refractivity contribution in [3.05, 3.63) is 33.8 Å². The highest BCUT2D eigenvalue weighted by molar-refractivity contribution is 6.33. The SMILES string of the molecule is Cc1c(CO)cnn1-c1nc(Cl)cc(Cl)n1. The maximum absolute atomic E-state index is 9.04. The number of aliphatic hydroxyl groups is 1. The maximum atomic E-state index is 9.04. The van der Waals surface area contributed by atoms with Crippen molar-refractivity contribution in [2.45, 2.75) is 13.5 Å². The molecule has 2 rings (SSSR count). The van der Waals surface area contributed by atoms with Crippen LogP contribution in [0.4, 0.5) is 0 Å². The largest absolute Gasteiger partial charge is 0.392 e. The smallest absolute Gasteiger partial charge is 0.253 e. The molecular weight excluding hydrogens is 251 g/mol. The van der Waals surface area contributed by atoms with Crippen LogP contribution in [0, 0.1) is 6.92 Å². The van der Waals surface area contributed by atoms with Crippen molar-refractivity contribution in [3.63, 3.8) is 0 Å². The molecule has 0 spiro atoms. The standard InChI is InChI=1S/C9H8Cl2N4O/c1-5-6(4-16)3-12-15(5)9-13-7(10)2-8(11)14-9/h2-3,16H,4H2,1H3. The van der Waals surface area contributed by atoms with Gasteiger partial charge >= 0.3 is 0 Å². The van der Waals surface area contributed by atoms with Gasteiger partial charge in [-0.15, -0.1) is 0 Å². The highest BCUT2D eigenvalue weighted by Gasteiger charge is 2.10. The summed E-state index contributed by atoms with van der Waals surface area (Å²) in [5.41, 5.74) is 1.46. The first-order valence-electron chi connectivity index (χ1n) is 4.46. The fraction of sp³-hybridized carbons (Fsp3) is 0.222. The molecule has 2 aromatic heterocycles. The van der Waals surface area contributed by atoms with Crippen molar-refractivity contribution >= 4 is 23.2 Å². The fourth-order valence-electron chi connectivity index (χ4n) is 1.27. The summed E-state index contributed by atoms with van der Waals surface area (Å²) >= 11 is 11.5. The molecular formula is C9H8Cl2N4O. The van der Waals surface area contributed by atoms with Gasteiger partial charge in [-0.2, -0.15) is 15.1 Å². The van der Waals surface area contributed by atoms with Gasteiger partial charge < -0.3 is 5.11 Å². The van der Waals surface area contributed by atoms with Crippen LogP contribution in [0.5, 0.6) is 0 Å². The normalized spacial score (nSPS) is 10.8. The van der Waals surface area contributed by atoms with Crippen molar-refractivity contribution < 1.29 is 5.11 Å². The van der Waals surface area contributed by atoms with E-state index in [4.69, 9.17) is 28.3 Å². The molecule has 1 N–H and O–H groups in total. The first kappa shape index (κ1) is 11.3. The summed E-state index contributed by atoms with van der Waals surface area (Å²) in [5, 5.41) is 13.6. The summed E-state index contributed by atoms with van der Waals surface area (Å²) in [6.45, 7) is 1.72. The van der Waals surface area contributed by atoms with Crippen LogP contribution < -0.4 is 0 Å². The Kier molecular flexibility index (Phi) is 3.09. The molecule has 0 saturated carbocycles. The Morgan fingerprint density at radius 1 is 1.31 bits per heavy atom. The van der Waals surface area contributed by atoms with Crippen LogP contribution in [-0.2, 0) is 6.61 Å². The zero-order valence-electron chi connectivity index (χ0n) is 8.35. The van der Waals surface area contributed by atoms with Gasteiger partial charge in [0.2, 0.25) is 0 Å². The lowest BCUT2D eigenvalue weighted by atomic mass is 10.3. The van der Waals surface area contributed by atoms with Crippen LogP contribution in [0.2, 0.25) is 10.3 Å². The van der Waals surface area contributed by atoms with Crippen LogP contribution in [0.3, 0.4) is 0 Å². The number of hydrogen-bond acceptors (Lipinski definition) is 4. The molecule has 16 heavy (non-hydrogen) atoms. The van der Waals surface area contributed by atoms with Gasteiger partial charge in [0, 0.05) is 17.3 Å². The van der Waals surface area contributed by atoms with Crippen LogP contribution in [0.15, 0.2) is 12.3 Å². The van der Waals surface area contributed by atoms with Crippen molar-refractivity contribution in [1.29, 1.82) is 0 Å². The number of aliphatic hydroxyl groups excluding tert-OH is 1. The van der Waals surface area contributed by atoms with Gasteiger partial charge in [0.1, 0.15) is 10.3 Å². The topological polar surface area (TPSA) is 63.8 Å². The molecule has 0 unspecified atom stereocenters. The third-order valence-electron chi connectivity index (χ3n) is 2.12. The molecule has 0 aliphatic heterocycles. The Balaban J connectivity index is 2.54. The number of hydrogen-bond donors (Lipinski definition) is 1.